The summed E-state index contributed by atoms with van der Waals surface area (Å²) in [6, 6.07) is 0. The average molecular weight is 1480 g/mol. The molecule has 0 heterocycles. The smallest absolute Gasteiger partial charge is 0.462 e. The lowest BCUT2D eigenvalue weighted by Gasteiger charge is -2.21. The van der Waals surface area contributed by atoms with Gasteiger partial charge in [0.1, 0.15) is 19.3 Å². The molecular weight excluding hydrogens is 1320 g/mol. The summed E-state index contributed by atoms with van der Waals surface area (Å²) in [7, 11) is -9.93. The number of aliphatic hydroxyl groups is 1. The van der Waals surface area contributed by atoms with Crippen LogP contribution in [0.5, 0.6) is 0 Å². The van der Waals surface area contributed by atoms with Gasteiger partial charge in [-0.25, -0.2) is 9.13 Å². The Hall–Kier alpha value is -2.46. The Kier molecular flexibility index (Phi) is 72.6. The fraction of sp³-hybridized carbons (Fsp3) is 0.902. The number of unbranched alkanes of at least 4 members (excludes halogenated alkanes) is 48. The first kappa shape index (κ1) is 98.5. The fourth-order valence-electron chi connectivity index (χ4n) is 12.2. The zero-order valence-electron chi connectivity index (χ0n) is 65.5. The lowest BCUT2D eigenvalue weighted by Crippen LogP contribution is -2.30. The standard InChI is InChI=1S/C82H156O17P2/c1-6-10-13-16-19-22-25-28-30-31-32-33-34-35-37-40-43-46-53-58-63-68-82(87)98-77(71-92-79(84)65-60-55-50-44-41-39-36-29-26-23-20-17-14-11-7-2)73-96-100(88,89)94-69-76(83)70-95-101(90,91)97-74-78(72-93-80(85)66-61-56-51-48-47-49-54-59-64-75(5)9-4)99-81(86)67-62-57-52-45-42-38-27-24-21-18-15-12-8-3/h23,26,29,36,75-78,83H,6-22,24-25,27-28,30-35,37-74H2,1-5H3,(H,88,89)(H,90,91)/b26-23-,36-29-/t75?,76-,77-,78-/m1/s1. The minimum atomic E-state index is -4.97. The highest BCUT2D eigenvalue weighted by Crippen LogP contribution is 2.45. The van der Waals surface area contributed by atoms with E-state index >= 15 is 0 Å². The number of phosphoric acid groups is 2. The number of hydrogen-bond acceptors (Lipinski definition) is 15. The van der Waals surface area contributed by atoms with Gasteiger partial charge in [0.25, 0.3) is 0 Å². The van der Waals surface area contributed by atoms with Crippen LogP contribution in [-0.4, -0.2) is 96.7 Å². The third-order valence-electron chi connectivity index (χ3n) is 19.0. The number of aliphatic hydroxyl groups excluding tert-OH is 1. The minimum absolute atomic E-state index is 0.102. The van der Waals surface area contributed by atoms with Crippen molar-refractivity contribution >= 4 is 39.5 Å². The number of rotatable bonds is 80. The van der Waals surface area contributed by atoms with Crippen molar-refractivity contribution in [1.82, 2.24) is 0 Å². The van der Waals surface area contributed by atoms with E-state index in [2.05, 4.69) is 58.9 Å². The molecule has 0 aromatic rings. The van der Waals surface area contributed by atoms with Gasteiger partial charge in [0, 0.05) is 25.7 Å². The van der Waals surface area contributed by atoms with Crippen LogP contribution >= 0.6 is 15.6 Å². The van der Waals surface area contributed by atoms with Crippen LogP contribution in [0, 0.1) is 5.92 Å². The zero-order chi connectivity index (χ0) is 74.1. The summed E-state index contributed by atoms with van der Waals surface area (Å²) in [5.41, 5.74) is 0. The summed E-state index contributed by atoms with van der Waals surface area (Å²) >= 11 is 0. The molecule has 0 aromatic heterocycles. The van der Waals surface area contributed by atoms with Gasteiger partial charge in [-0.1, -0.05) is 361 Å². The van der Waals surface area contributed by atoms with Crippen LogP contribution in [0.3, 0.4) is 0 Å². The molecule has 0 aliphatic rings. The molecule has 596 valence electrons. The van der Waals surface area contributed by atoms with Gasteiger partial charge in [-0.05, 0) is 57.3 Å². The van der Waals surface area contributed by atoms with E-state index in [9.17, 15) is 43.2 Å². The van der Waals surface area contributed by atoms with Crippen molar-refractivity contribution in [2.75, 3.05) is 39.6 Å². The van der Waals surface area contributed by atoms with Crippen molar-refractivity contribution in [3.05, 3.63) is 24.3 Å². The van der Waals surface area contributed by atoms with Crippen molar-refractivity contribution in [3.8, 4) is 0 Å². The maximum Gasteiger partial charge on any atom is 0.472 e. The van der Waals surface area contributed by atoms with Gasteiger partial charge in [-0.15, -0.1) is 0 Å². The molecule has 3 unspecified atom stereocenters. The lowest BCUT2D eigenvalue weighted by molar-refractivity contribution is -0.161. The predicted molar refractivity (Wildman–Crippen MR) is 414 cm³/mol. The van der Waals surface area contributed by atoms with E-state index in [0.29, 0.717) is 25.7 Å². The minimum Gasteiger partial charge on any atom is -0.462 e. The molecule has 0 aliphatic carbocycles. The van der Waals surface area contributed by atoms with Crippen LogP contribution in [-0.2, 0) is 65.4 Å². The van der Waals surface area contributed by atoms with Crippen molar-refractivity contribution < 1.29 is 80.2 Å². The molecule has 0 bridgehead atoms. The summed E-state index contributed by atoms with van der Waals surface area (Å²) in [4.78, 5) is 73.0. The van der Waals surface area contributed by atoms with E-state index in [1.54, 1.807) is 0 Å². The molecule has 0 fully saturated rings. The molecule has 0 aliphatic heterocycles. The second-order valence-electron chi connectivity index (χ2n) is 29.1. The molecular formula is C82H156O17P2. The van der Waals surface area contributed by atoms with Crippen LogP contribution in [0.25, 0.3) is 0 Å². The number of carbonyl (C=O) groups is 4. The molecule has 0 amide bonds. The summed E-state index contributed by atoms with van der Waals surface area (Å²) < 4.78 is 68.7. The second kappa shape index (κ2) is 74.4. The van der Waals surface area contributed by atoms with Crippen molar-refractivity contribution in [1.29, 1.82) is 0 Å². The van der Waals surface area contributed by atoms with Gasteiger partial charge in [0.05, 0.1) is 26.4 Å². The van der Waals surface area contributed by atoms with Crippen LogP contribution in [0.4, 0.5) is 0 Å². The number of allylic oxidation sites excluding steroid dienone is 4. The third kappa shape index (κ3) is 74.2. The van der Waals surface area contributed by atoms with Crippen molar-refractivity contribution in [3.63, 3.8) is 0 Å². The Balaban J connectivity index is 5.27. The Morgan fingerprint density at radius 3 is 0.842 bits per heavy atom. The molecule has 0 saturated carbocycles. The number of hydrogen-bond donors (Lipinski definition) is 3. The summed E-state index contributed by atoms with van der Waals surface area (Å²) in [6.45, 7) is 7.27. The van der Waals surface area contributed by atoms with E-state index in [0.717, 1.165) is 115 Å². The third-order valence-corrected chi connectivity index (χ3v) is 20.9. The Labute approximate surface area is 618 Å². The first-order valence-electron chi connectivity index (χ1n) is 42.0. The van der Waals surface area contributed by atoms with E-state index < -0.39 is 97.5 Å². The highest BCUT2D eigenvalue weighted by atomic mass is 31.2. The molecule has 0 spiro atoms. The summed E-state index contributed by atoms with van der Waals surface area (Å²) in [6.07, 6.45) is 68.8. The van der Waals surface area contributed by atoms with Crippen LogP contribution < -0.4 is 0 Å². The van der Waals surface area contributed by atoms with Gasteiger partial charge >= 0.3 is 39.5 Å². The predicted octanol–water partition coefficient (Wildman–Crippen LogP) is 24.4. The molecule has 17 nitrogen and oxygen atoms in total. The number of carbonyl (C=O) groups excluding carboxylic acids is 4. The summed E-state index contributed by atoms with van der Waals surface area (Å²) in [5.74, 6) is -1.36. The number of phosphoric ester groups is 2. The average Bonchev–Trinajstić information content (AvgIpc) is 0.953. The van der Waals surface area contributed by atoms with Gasteiger partial charge in [0.15, 0.2) is 12.2 Å². The van der Waals surface area contributed by atoms with Gasteiger partial charge in [-0.2, -0.15) is 0 Å². The quantitative estimate of drug-likeness (QED) is 0.0169. The molecule has 0 radical (unpaired) electrons. The lowest BCUT2D eigenvalue weighted by atomic mass is 9.99. The Bertz CT molecular complexity index is 2020. The highest BCUT2D eigenvalue weighted by molar-refractivity contribution is 7.47. The molecule has 3 N–H and O–H groups in total. The summed E-state index contributed by atoms with van der Waals surface area (Å²) in [5, 5.41) is 10.6. The van der Waals surface area contributed by atoms with Crippen LogP contribution in [0.15, 0.2) is 24.3 Å². The SMILES string of the molecule is CCCCCC/C=C\C=C/CCCCCCCC(=O)OC[C@H](COP(=O)(O)OC[C@@H](O)COP(=O)(O)OC[C@@H](COC(=O)CCCCCCCCCCC(C)CC)OC(=O)CCCCCCCCCCCCCCC)OC(=O)CCCCCCCCCCCCCCCCCCCCCCC. The first-order chi connectivity index (χ1) is 49.1. The van der Waals surface area contributed by atoms with E-state index in [-0.39, 0.29) is 25.7 Å². The van der Waals surface area contributed by atoms with Crippen LogP contribution in [0.2, 0.25) is 0 Å². The monoisotopic (exact) mass is 1480 g/mol. The Morgan fingerprint density at radius 1 is 0.317 bits per heavy atom. The Morgan fingerprint density at radius 2 is 0.554 bits per heavy atom. The maximum atomic E-state index is 13.1. The highest BCUT2D eigenvalue weighted by Gasteiger charge is 2.30. The molecule has 101 heavy (non-hydrogen) atoms. The maximum absolute atomic E-state index is 13.1. The van der Waals surface area contributed by atoms with Gasteiger partial charge in [-0.3, -0.25) is 37.3 Å². The normalized spacial score (nSPS) is 14.3. The molecule has 0 aromatic carbocycles. The van der Waals surface area contributed by atoms with Crippen LogP contribution in [0.1, 0.15) is 413 Å². The van der Waals surface area contributed by atoms with Crippen molar-refractivity contribution in [2.24, 2.45) is 5.92 Å². The zero-order valence-corrected chi connectivity index (χ0v) is 67.3. The number of ether oxygens (including phenoxy) is 4. The van der Waals surface area contributed by atoms with Gasteiger partial charge < -0.3 is 33.8 Å². The molecule has 0 rings (SSSR count). The first-order valence-corrected chi connectivity index (χ1v) is 45.0. The van der Waals surface area contributed by atoms with E-state index in [4.69, 9.17) is 37.0 Å². The largest absolute Gasteiger partial charge is 0.472 e. The second-order valence-corrected chi connectivity index (χ2v) is 32.0. The number of esters is 4. The topological polar surface area (TPSA) is 237 Å². The van der Waals surface area contributed by atoms with Crippen molar-refractivity contribution in [2.45, 2.75) is 432 Å². The van der Waals surface area contributed by atoms with E-state index in [1.807, 2.05) is 0 Å². The van der Waals surface area contributed by atoms with Gasteiger partial charge in [0.2, 0.25) is 0 Å². The molecule has 19 heteroatoms. The molecule has 6 atom stereocenters. The fourth-order valence-corrected chi connectivity index (χ4v) is 13.8. The van der Waals surface area contributed by atoms with E-state index in [1.165, 1.54) is 218 Å². The molecule has 0 saturated heterocycles.